The highest BCUT2D eigenvalue weighted by Crippen LogP contribution is 2.44. The fourth-order valence-electron chi connectivity index (χ4n) is 1.98. The van der Waals surface area contributed by atoms with E-state index >= 15 is 0 Å². The second kappa shape index (κ2) is 5.36. The molecule has 0 spiro atoms. The van der Waals surface area contributed by atoms with Crippen LogP contribution < -0.4 is 15.9 Å². The summed E-state index contributed by atoms with van der Waals surface area (Å²) in [5.41, 5.74) is -1.02. The zero-order valence-electron chi connectivity index (χ0n) is 10.6. The van der Waals surface area contributed by atoms with Gasteiger partial charge >= 0.3 is 11.1 Å². The molecule has 1 aromatic carbocycles. The van der Waals surface area contributed by atoms with Crippen LogP contribution in [0, 0.1) is 0 Å². The fourth-order valence-corrected chi connectivity index (χ4v) is 3.06. The van der Waals surface area contributed by atoms with Crippen LogP contribution in [0.2, 0.25) is 0 Å². The molecular weight excluding hydrogens is 302 g/mol. The second-order valence-electron chi connectivity index (χ2n) is 4.45. The molecule has 0 saturated carbocycles. The molecule has 0 saturated heterocycles. The van der Waals surface area contributed by atoms with E-state index in [1.165, 1.54) is 30.1 Å². The summed E-state index contributed by atoms with van der Waals surface area (Å²) in [6, 6.07) is 4.23. The molecule has 0 fully saturated rings. The van der Waals surface area contributed by atoms with Crippen LogP contribution in [-0.4, -0.2) is 16.6 Å². The van der Waals surface area contributed by atoms with Crippen molar-refractivity contribution in [2.45, 2.75) is 16.6 Å². The maximum Gasteiger partial charge on any atom is 0.313 e. The van der Waals surface area contributed by atoms with Crippen LogP contribution in [0.1, 0.15) is 22.9 Å². The first kappa shape index (κ1) is 13.9. The van der Waals surface area contributed by atoms with E-state index in [9.17, 15) is 18.4 Å². The lowest BCUT2D eigenvalue weighted by Gasteiger charge is -2.24. The molecule has 5 nitrogen and oxygen atoms in total. The smallest absolute Gasteiger partial charge is 0.313 e. The van der Waals surface area contributed by atoms with Gasteiger partial charge in [0, 0.05) is 11.8 Å². The first-order valence-corrected chi connectivity index (χ1v) is 6.96. The molecule has 1 aliphatic heterocycles. The number of ether oxygens (including phenoxy) is 1. The number of hydrogen-bond acceptors (Lipinski definition) is 4. The molecule has 2 aromatic rings. The molecule has 1 aromatic heterocycles. The van der Waals surface area contributed by atoms with E-state index in [0.717, 1.165) is 0 Å². The van der Waals surface area contributed by atoms with Crippen molar-refractivity contribution in [3.63, 3.8) is 0 Å². The molecule has 0 bridgehead atoms. The number of alkyl halides is 2. The van der Waals surface area contributed by atoms with E-state index in [1.807, 2.05) is 0 Å². The highest BCUT2D eigenvalue weighted by atomic mass is 32.2. The Morgan fingerprint density at radius 3 is 2.81 bits per heavy atom. The van der Waals surface area contributed by atoms with Crippen LogP contribution in [0.15, 0.2) is 38.9 Å². The van der Waals surface area contributed by atoms with Crippen LogP contribution in [0.25, 0.3) is 0 Å². The Hall–Kier alpha value is -2.09. The summed E-state index contributed by atoms with van der Waals surface area (Å²) in [4.78, 5) is 27.9. The average Bonchev–Trinajstić information content (AvgIpc) is 2.49. The zero-order chi connectivity index (χ0) is 15.0. The topological polar surface area (TPSA) is 75.0 Å². The average molecular weight is 312 g/mol. The zero-order valence-corrected chi connectivity index (χ0v) is 11.4. The maximum atomic E-state index is 12.6. The standard InChI is InChI=1S/C13H10F2N2O3S/c14-11(15)6-1-2-9-8(3-6)20-5-10(21-9)7-4-16-12(18)13(19)17-7/h1-4,10-11H,5H2,(H,16,18)(H,17,19)/t10-/m0/s1. The molecule has 1 aliphatic rings. The van der Waals surface area contributed by atoms with Gasteiger partial charge in [-0.05, 0) is 12.1 Å². The molecule has 0 amide bonds. The van der Waals surface area contributed by atoms with Crippen LogP contribution in [-0.2, 0) is 0 Å². The molecule has 21 heavy (non-hydrogen) atoms. The predicted molar refractivity (Wildman–Crippen MR) is 73.2 cm³/mol. The first-order valence-electron chi connectivity index (χ1n) is 6.08. The van der Waals surface area contributed by atoms with Crippen molar-refractivity contribution in [2.24, 2.45) is 0 Å². The van der Waals surface area contributed by atoms with Crippen molar-refractivity contribution >= 4 is 11.8 Å². The van der Waals surface area contributed by atoms with Crippen LogP contribution >= 0.6 is 11.8 Å². The Kier molecular flexibility index (Phi) is 3.54. The predicted octanol–water partition coefficient (Wildman–Crippen LogP) is 2.23. The van der Waals surface area contributed by atoms with Gasteiger partial charge in [-0.2, -0.15) is 0 Å². The van der Waals surface area contributed by atoms with Crippen molar-refractivity contribution in [1.29, 1.82) is 0 Å². The molecular formula is C13H10F2N2O3S. The monoisotopic (exact) mass is 312 g/mol. The summed E-state index contributed by atoms with van der Waals surface area (Å²) in [6.45, 7) is 0.215. The molecule has 2 N–H and O–H groups in total. The van der Waals surface area contributed by atoms with Gasteiger partial charge in [0.1, 0.15) is 12.4 Å². The van der Waals surface area contributed by atoms with Gasteiger partial charge < -0.3 is 14.7 Å². The molecule has 2 heterocycles. The van der Waals surface area contributed by atoms with Crippen LogP contribution in [0.5, 0.6) is 5.75 Å². The quantitative estimate of drug-likeness (QED) is 0.834. The fraction of sp³-hybridized carbons (Fsp3) is 0.231. The minimum absolute atomic E-state index is 0.0924. The van der Waals surface area contributed by atoms with Gasteiger partial charge in [0.2, 0.25) is 0 Å². The van der Waals surface area contributed by atoms with Gasteiger partial charge in [-0.15, -0.1) is 11.8 Å². The highest BCUT2D eigenvalue weighted by Gasteiger charge is 2.24. The van der Waals surface area contributed by atoms with Crippen molar-refractivity contribution in [1.82, 2.24) is 9.97 Å². The number of nitrogens with one attached hydrogen (secondary N) is 2. The molecule has 8 heteroatoms. The second-order valence-corrected chi connectivity index (χ2v) is 5.70. The van der Waals surface area contributed by atoms with Crippen LogP contribution in [0.4, 0.5) is 8.78 Å². The first-order chi connectivity index (χ1) is 10.0. The minimum Gasteiger partial charge on any atom is -0.491 e. The summed E-state index contributed by atoms with van der Waals surface area (Å²) >= 11 is 1.38. The summed E-state index contributed by atoms with van der Waals surface area (Å²) in [6.07, 6.45) is -1.12. The van der Waals surface area contributed by atoms with E-state index in [-0.39, 0.29) is 17.4 Å². The van der Waals surface area contributed by atoms with Crippen molar-refractivity contribution in [2.75, 3.05) is 6.61 Å². The third-order valence-electron chi connectivity index (χ3n) is 3.05. The summed E-state index contributed by atoms with van der Waals surface area (Å²) in [7, 11) is 0. The Bertz CT molecular complexity index is 787. The summed E-state index contributed by atoms with van der Waals surface area (Å²) < 4.78 is 30.7. The Labute approximate surface area is 121 Å². The van der Waals surface area contributed by atoms with E-state index in [4.69, 9.17) is 4.74 Å². The lowest BCUT2D eigenvalue weighted by atomic mass is 10.2. The SMILES string of the molecule is O=c1[nH]cc([C@@H]2COc3cc(C(F)F)ccc3S2)[nH]c1=O. The Morgan fingerprint density at radius 2 is 2.10 bits per heavy atom. The number of fused-ring (bicyclic) bond motifs is 1. The van der Waals surface area contributed by atoms with Crippen molar-refractivity contribution in [3.8, 4) is 5.75 Å². The number of halogens is 2. The molecule has 1 atom stereocenters. The minimum atomic E-state index is -2.54. The lowest BCUT2D eigenvalue weighted by Crippen LogP contribution is -2.31. The number of H-pyrrole nitrogens is 2. The van der Waals surface area contributed by atoms with Crippen molar-refractivity contribution in [3.05, 3.63) is 56.4 Å². The molecule has 110 valence electrons. The number of aromatic amines is 2. The third-order valence-corrected chi connectivity index (χ3v) is 4.31. The van der Waals surface area contributed by atoms with Gasteiger partial charge in [0.15, 0.2) is 0 Å². The van der Waals surface area contributed by atoms with E-state index in [2.05, 4.69) is 9.97 Å². The number of aromatic nitrogens is 2. The summed E-state index contributed by atoms with van der Waals surface area (Å²) in [5.74, 6) is 0.404. The number of hydrogen-bond donors (Lipinski definition) is 2. The highest BCUT2D eigenvalue weighted by molar-refractivity contribution is 7.99. The Morgan fingerprint density at radius 1 is 1.29 bits per heavy atom. The third kappa shape index (κ3) is 2.71. The number of thioether (sulfide) groups is 1. The van der Waals surface area contributed by atoms with Crippen LogP contribution in [0.3, 0.4) is 0 Å². The van der Waals surface area contributed by atoms with Gasteiger partial charge in [-0.3, -0.25) is 9.59 Å². The van der Waals surface area contributed by atoms with Gasteiger partial charge in [-0.25, -0.2) is 8.78 Å². The van der Waals surface area contributed by atoms with E-state index in [1.54, 1.807) is 6.07 Å². The van der Waals surface area contributed by atoms with Gasteiger partial charge in [0.25, 0.3) is 6.43 Å². The summed E-state index contributed by atoms with van der Waals surface area (Å²) in [5, 5.41) is -0.223. The van der Waals surface area contributed by atoms with E-state index < -0.39 is 17.5 Å². The van der Waals surface area contributed by atoms with E-state index in [0.29, 0.717) is 16.3 Å². The normalized spacial score (nSPS) is 17.4. The molecule has 3 rings (SSSR count). The number of rotatable bonds is 2. The lowest BCUT2D eigenvalue weighted by molar-refractivity contribution is 0.150. The molecule has 0 aliphatic carbocycles. The molecule has 0 radical (unpaired) electrons. The van der Waals surface area contributed by atoms with Gasteiger partial charge in [-0.1, -0.05) is 6.07 Å². The largest absolute Gasteiger partial charge is 0.491 e. The maximum absolute atomic E-state index is 12.6. The van der Waals surface area contributed by atoms with Gasteiger partial charge in [0.05, 0.1) is 15.8 Å². The Balaban J connectivity index is 1.89. The number of benzene rings is 1. The van der Waals surface area contributed by atoms with Crippen molar-refractivity contribution < 1.29 is 13.5 Å². The molecule has 0 unspecified atom stereocenters.